The molecule has 3 rings (SSSR count). The zero-order valence-electron chi connectivity index (χ0n) is 11.3. The third-order valence-corrected chi connectivity index (χ3v) is 4.99. The van der Waals surface area contributed by atoms with Crippen LogP contribution in [0, 0.1) is 0 Å². The first-order chi connectivity index (χ1) is 10.1. The van der Waals surface area contributed by atoms with Crippen molar-refractivity contribution in [2.24, 2.45) is 0 Å². The first-order valence-electron chi connectivity index (χ1n) is 6.83. The molecule has 1 aromatic carbocycles. The number of pyridine rings is 1. The number of benzene rings is 1. The van der Waals surface area contributed by atoms with Gasteiger partial charge in [0, 0.05) is 15.1 Å². The van der Waals surface area contributed by atoms with Gasteiger partial charge in [-0.1, -0.05) is 33.8 Å². The van der Waals surface area contributed by atoms with Gasteiger partial charge in [-0.3, -0.25) is 0 Å². The van der Waals surface area contributed by atoms with Gasteiger partial charge in [-0.05, 0) is 55.5 Å². The van der Waals surface area contributed by atoms with Gasteiger partial charge in [-0.2, -0.15) is 0 Å². The molecule has 0 spiro atoms. The Morgan fingerprint density at radius 3 is 2.81 bits per heavy atom. The zero-order valence-corrected chi connectivity index (χ0v) is 13.7. The molecule has 0 unspecified atom stereocenters. The lowest BCUT2D eigenvalue weighted by molar-refractivity contribution is 0.0692. The van der Waals surface area contributed by atoms with Crippen molar-refractivity contribution in [3.05, 3.63) is 51.6 Å². The van der Waals surface area contributed by atoms with E-state index in [4.69, 9.17) is 0 Å². The summed E-state index contributed by atoms with van der Waals surface area (Å²) in [5.41, 5.74) is 2.46. The van der Waals surface area contributed by atoms with Crippen LogP contribution in [0.4, 0.5) is 0 Å². The molecule has 1 N–H and O–H groups in total. The summed E-state index contributed by atoms with van der Waals surface area (Å²) in [4.78, 5) is 17.1. The molecule has 2 aromatic rings. The van der Waals surface area contributed by atoms with Crippen LogP contribution < -0.4 is 0 Å². The summed E-state index contributed by atoms with van der Waals surface area (Å²) in [6, 6.07) is 9.62. The second-order valence-electron chi connectivity index (χ2n) is 5.02. The van der Waals surface area contributed by atoms with Crippen molar-refractivity contribution < 1.29 is 9.90 Å². The van der Waals surface area contributed by atoms with E-state index in [1.54, 1.807) is 0 Å². The van der Waals surface area contributed by atoms with Gasteiger partial charge in [0.25, 0.3) is 0 Å². The maximum atomic E-state index is 11.5. The van der Waals surface area contributed by atoms with Gasteiger partial charge >= 0.3 is 5.97 Å². The summed E-state index contributed by atoms with van der Waals surface area (Å²) in [5, 5.41) is 10.0. The molecule has 0 amide bonds. The second-order valence-corrected chi connectivity index (χ2v) is 7.00. The summed E-state index contributed by atoms with van der Waals surface area (Å²) < 4.78 is 0.974. The van der Waals surface area contributed by atoms with E-state index in [1.807, 2.05) is 30.3 Å². The van der Waals surface area contributed by atoms with Gasteiger partial charge in [0.15, 0.2) is 0 Å². The summed E-state index contributed by atoms with van der Waals surface area (Å²) in [5.74, 6) is -0.909. The van der Waals surface area contributed by atoms with Crippen LogP contribution in [0.25, 0.3) is 0 Å². The topological polar surface area (TPSA) is 50.2 Å². The highest BCUT2D eigenvalue weighted by Gasteiger charge is 2.19. The molecule has 3 nitrogen and oxygen atoms in total. The van der Waals surface area contributed by atoms with Crippen LogP contribution in [0.15, 0.2) is 44.7 Å². The van der Waals surface area contributed by atoms with Crippen molar-refractivity contribution in [1.29, 1.82) is 0 Å². The molecular weight excluding hydrogens is 350 g/mol. The van der Waals surface area contributed by atoms with E-state index < -0.39 is 5.97 Å². The Labute approximate surface area is 135 Å². The number of aromatic carboxylic acids is 1. The molecule has 108 valence electrons. The van der Waals surface area contributed by atoms with Crippen molar-refractivity contribution in [1.82, 2.24) is 4.98 Å². The average Bonchev–Trinajstić information content (AvgIpc) is 2.46. The molecule has 0 atom stereocenters. The SMILES string of the molecule is O=C(O)c1cc2c(nc1Sc1cccc(Br)c1)CCCC2. The van der Waals surface area contributed by atoms with Crippen LogP contribution in [0.1, 0.15) is 34.5 Å². The van der Waals surface area contributed by atoms with Gasteiger partial charge < -0.3 is 5.11 Å². The molecule has 0 radical (unpaired) electrons. The average molecular weight is 364 g/mol. The standard InChI is InChI=1S/C16H14BrNO2S/c17-11-5-3-6-12(9-11)21-15-13(16(19)20)8-10-4-1-2-7-14(10)18-15/h3,5-6,8-9H,1-2,4,7H2,(H,19,20). The smallest absolute Gasteiger partial charge is 0.338 e. The lowest BCUT2D eigenvalue weighted by atomic mass is 9.95. The van der Waals surface area contributed by atoms with Crippen molar-refractivity contribution in [3.8, 4) is 0 Å². The summed E-state index contributed by atoms with van der Waals surface area (Å²) >= 11 is 4.84. The highest BCUT2D eigenvalue weighted by Crippen LogP contribution is 2.33. The van der Waals surface area contributed by atoms with E-state index in [-0.39, 0.29) is 0 Å². The molecule has 1 aliphatic rings. The van der Waals surface area contributed by atoms with Crippen molar-refractivity contribution in [2.75, 3.05) is 0 Å². The molecule has 1 aliphatic carbocycles. The molecule has 0 fully saturated rings. The van der Waals surface area contributed by atoms with Crippen molar-refractivity contribution in [2.45, 2.75) is 35.6 Å². The van der Waals surface area contributed by atoms with E-state index in [0.717, 1.165) is 46.3 Å². The lowest BCUT2D eigenvalue weighted by Crippen LogP contribution is -2.10. The molecule has 0 aliphatic heterocycles. The highest BCUT2D eigenvalue weighted by molar-refractivity contribution is 9.10. The Morgan fingerprint density at radius 2 is 2.05 bits per heavy atom. The predicted molar refractivity (Wildman–Crippen MR) is 86.1 cm³/mol. The van der Waals surface area contributed by atoms with E-state index in [1.165, 1.54) is 11.8 Å². The number of carbonyl (C=O) groups is 1. The van der Waals surface area contributed by atoms with Crippen LogP contribution in [0.2, 0.25) is 0 Å². The Morgan fingerprint density at radius 1 is 1.24 bits per heavy atom. The molecule has 5 heteroatoms. The molecule has 1 aromatic heterocycles. The first-order valence-corrected chi connectivity index (χ1v) is 8.44. The maximum Gasteiger partial charge on any atom is 0.338 e. The fourth-order valence-corrected chi connectivity index (χ4v) is 4.01. The minimum absolute atomic E-state index is 0.306. The lowest BCUT2D eigenvalue weighted by Gasteiger charge is -2.17. The van der Waals surface area contributed by atoms with Gasteiger partial charge in [0.05, 0.1) is 5.56 Å². The summed E-state index contributed by atoms with van der Waals surface area (Å²) in [6.07, 6.45) is 4.13. The minimum atomic E-state index is -0.909. The number of rotatable bonds is 3. The van der Waals surface area contributed by atoms with Crippen molar-refractivity contribution in [3.63, 3.8) is 0 Å². The number of hydrogen-bond acceptors (Lipinski definition) is 3. The predicted octanol–water partition coefficient (Wildman–Crippen LogP) is 4.57. The largest absolute Gasteiger partial charge is 0.478 e. The minimum Gasteiger partial charge on any atom is -0.478 e. The van der Waals surface area contributed by atoms with Crippen LogP contribution >= 0.6 is 27.7 Å². The second kappa shape index (κ2) is 6.20. The Kier molecular flexibility index (Phi) is 4.31. The van der Waals surface area contributed by atoms with Gasteiger partial charge in [0.2, 0.25) is 0 Å². The third-order valence-electron chi connectivity index (χ3n) is 3.51. The zero-order chi connectivity index (χ0) is 14.8. The van der Waals surface area contributed by atoms with Gasteiger partial charge in [-0.15, -0.1) is 0 Å². The number of carboxylic acid groups (broad SMARTS) is 1. The highest BCUT2D eigenvalue weighted by atomic mass is 79.9. The molecular formula is C16H14BrNO2S. The number of aromatic nitrogens is 1. The number of halogens is 1. The quantitative estimate of drug-likeness (QED) is 0.867. The number of nitrogens with zero attached hydrogens (tertiary/aromatic N) is 1. The Hall–Kier alpha value is -1.33. The van der Waals surface area contributed by atoms with Crippen LogP contribution in [0.5, 0.6) is 0 Å². The third kappa shape index (κ3) is 3.30. The molecule has 1 heterocycles. The number of carboxylic acids is 1. The number of fused-ring (bicyclic) bond motifs is 1. The number of hydrogen-bond donors (Lipinski definition) is 1. The van der Waals surface area contributed by atoms with Crippen molar-refractivity contribution >= 4 is 33.7 Å². The molecule has 0 bridgehead atoms. The summed E-state index contributed by atoms with van der Waals surface area (Å²) in [7, 11) is 0. The van der Waals surface area contributed by atoms with Crippen LogP contribution in [0.3, 0.4) is 0 Å². The Balaban J connectivity index is 2.01. The normalized spacial score (nSPS) is 13.8. The first kappa shape index (κ1) is 14.6. The van der Waals surface area contributed by atoms with E-state index in [0.29, 0.717) is 10.6 Å². The number of aryl methyl sites for hydroxylation is 2. The van der Waals surface area contributed by atoms with Crippen LogP contribution in [-0.2, 0) is 12.8 Å². The van der Waals surface area contributed by atoms with E-state index in [2.05, 4.69) is 20.9 Å². The Bertz CT molecular complexity index is 703. The molecule has 21 heavy (non-hydrogen) atoms. The fraction of sp³-hybridized carbons (Fsp3) is 0.250. The van der Waals surface area contributed by atoms with E-state index >= 15 is 0 Å². The maximum absolute atomic E-state index is 11.5. The summed E-state index contributed by atoms with van der Waals surface area (Å²) in [6.45, 7) is 0. The fourth-order valence-electron chi connectivity index (χ4n) is 2.49. The molecule has 0 saturated carbocycles. The monoisotopic (exact) mass is 363 g/mol. The molecule has 0 saturated heterocycles. The van der Waals surface area contributed by atoms with Crippen LogP contribution in [-0.4, -0.2) is 16.1 Å². The van der Waals surface area contributed by atoms with Gasteiger partial charge in [-0.25, -0.2) is 9.78 Å². The van der Waals surface area contributed by atoms with Gasteiger partial charge in [0.1, 0.15) is 5.03 Å². The van der Waals surface area contributed by atoms with E-state index in [9.17, 15) is 9.90 Å².